The number of amides is 1. The number of allylic oxidation sites excluding steroid dienone is 2. The molecule has 8 heteroatoms. The van der Waals surface area contributed by atoms with Gasteiger partial charge in [-0.1, -0.05) is 12.2 Å². The lowest BCUT2D eigenvalue weighted by molar-refractivity contribution is -0.167. The van der Waals surface area contributed by atoms with Gasteiger partial charge in [-0.15, -0.1) is 0 Å². The normalized spacial score (nSPS) is 22.6. The summed E-state index contributed by atoms with van der Waals surface area (Å²) < 4.78 is 37.2. The van der Waals surface area contributed by atoms with Crippen LogP contribution >= 0.6 is 0 Å². The molecular formula is C12H16F3NO4. The lowest BCUT2D eigenvalue weighted by atomic mass is 9.82. The number of carboxylic acid groups (broad SMARTS) is 1. The van der Waals surface area contributed by atoms with E-state index in [0.717, 1.165) is 0 Å². The van der Waals surface area contributed by atoms with Gasteiger partial charge in [0.2, 0.25) is 5.91 Å². The van der Waals surface area contributed by atoms with E-state index in [9.17, 15) is 22.8 Å². The molecule has 1 aliphatic rings. The van der Waals surface area contributed by atoms with Crippen LogP contribution in [0.3, 0.4) is 0 Å². The van der Waals surface area contributed by atoms with Crippen LogP contribution in [0.4, 0.5) is 13.2 Å². The average molecular weight is 295 g/mol. The van der Waals surface area contributed by atoms with Gasteiger partial charge in [0.25, 0.3) is 0 Å². The zero-order chi connectivity index (χ0) is 15.3. The SMILES string of the molecule is O=C(O)[C@H]1CC=CC[C@H]1C(=O)N(CCO)CC(F)(F)F. The third kappa shape index (κ3) is 4.52. The van der Waals surface area contributed by atoms with E-state index in [4.69, 9.17) is 10.2 Å². The highest BCUT2D eigenvalue weighted by molar-refractivity contribution is 5.85. The van der Waals surface area contributed by atoms with E-state index in [1.807, 2.05) is 0 Å². The molecule has 1 amide bonds. The number of aliphatic carboxylic acids is 1. The fourth-order valence-electron chi connectivity index (χ4n) is 2.20. The van der Waals surface area contributed by atoms with Crippen LogP contribution in [0.2, 0.25) is 0 Å². The highest BCUT2D eigenvalue weighted by atomic mass is 19.4. The first-order valence-electron chi connectivity index (χ1n) is 6.10. The Morgan fingerprint density at radius 3 is 2.20 bits per heavy atom. The number of hydrogen-bond donors (Lipinski definition) is 2. The third-order valence-corrected chi connectivity index (χ3v) is 3.12. The van der Waals surface area contributed by atoms with Crippen LogP contribution in [0.5, 0.6) is 0 Å². The highest BCUT2D eigenvalue weighted by Gasteiger charge is 2.39. The second kappa shape index (κ2) is 6.74. The van der Waals surface area contributed by atoms with E-state index < -0.39 is 49.6 Å². The predicted molar refractivity (Wildman–Crippen MR) is 62.7 cm³/mol. The van der Waals surface area contributed by atoms with Crippen molar-refractivity contribution in [3.8, 4) is 0 Å². The van der Waals surface area contributed by atoms with Gasteiger partial charge in [-0.25, -0.2) is 0 Å². The maximum atomic E-state index is 12.4. The monoisotopic (exact) mass is 295 g/mol. The average Bonchev–Trinajstić information content (AvgIpc) is 2.36. The van der Waals surface area contributed by atoms with Crippen molar-refractivity contribution < 1.29 is 33.0 Å². The number of carbonyl (C=O) groups is 2. The Labute approximate surface area is 113 Å². The number of nitrogens with zero attached hydrogens (tertiary/aromatic N) is 1. The molecule has 1 rings (SSSR count). The van der Waals surface area contributed by atoms with Gasteiger partial charge in [0.15, 0.2) is 0 Å². The van der Waals surface area contributed by atoms with Gasteiger partial charge in [-0.05, 0) is 12.8 Å². The van der Waals surface area contributed by atoms with Crippen molar-refractivity contribution in [2.75, 3.05) is 19.7 Å². The minimum absolute atomic E-state index is 0.0928. The molecule has 0 fully saturated rings. The first kappa shape index (κ1) is 16.5. The third-order valence-electron chi connectivity index (χ3n) is 3.12. The van der Waals surface area contributed by atoms with Crippen LogP contribution < -0.4 is 0 Å². The first-order valence-corrected chi connectivity index (χ1v) is 6.10. The molecule has 5 nitrogen and oxygen atoms in total. The number of carboxylic acids is 1. The number of alkyl halides is 3. The van der Waals surface area contributed by atoms with Gasteiger partial charge in [0, 0.05) is 6.54 Å². The number of hydrogen-bond acceptors (Lipinski definition) is 3. The molecule has 0 saturated heterocycles. The lowest BCUT2D eigenvalue weighted by Gasteiger charge is -2.31. The minimum Gasteiger partial charge on any atom is -0.481 e. The van der Waals surface area contributed by atoms with Crippen LogP contribution in [0, 0.1) is 11.8 Å². The maximum Gasteiger partial charge on any atom is 0.406 e. The van der Waals surface area contributed by atoms with Crippen LogP contribution in [0.25, 0.3) is 0 Å². The molecule has 0 unspecified atom stereocenters. The molecule has 1 aliphatic carbocycles. The van der Waals surface area contributed by atoms with Crippen molar-refractivity contribution in [1.82, 2.24) is 4.90 Å². The molecule has 0 aromatic rings. The minimum atomic E-state index is -4.59. The summed E-state index contributed by atoms with van der Waals surface area (Å²) in [5.74, 6) is -4.13. The van der Waals surface area contributed by atoms with Gasteiger partial charge >= 0.3 is 12.1 Å². The highest BCUT2D eigenvalue weighted by Crippen LogP contribution is 2.28. The van der Waals surface area contributed by atoms with Crippen molar-refractivity contribution in [1.29, 1.82) is 0 Å². The molecule has 0 saturated carbocycles. The Morgan fingerprint density at radius 1 is 1.20 bits per heavy atom. The Balaban J connectivity index is 2.87. The summed E-state index contributed by atoms with van der Waals surface area (Å²) in [4.78, 5) is 23.6. The second-order valence-corrected chi connectivity index (χ2v) is 4.59. The van der Waals surface area contributed by atoms with Gasteiger partial charge < -0.3 is 15.1 Å². The van der Waals surface area contributed by atoms with Gasteiger partial charge in [-0.3, -0.25) is 9.59 Å². The molecule has 0 aromatic carbocycles. The van der Waals surface area contributed by atoms with E-state index in [0.29, 0.717) is 4.90 Å². The van der Waals surface area contributed by atoms with Crippen LogP contribution in [-0.4, -0.2) is 52.9 Å². The summed E-state index contributed by atoms with van der Waals surface area (Å²) in [6.07, 6.45) is -1.19. The topological polar surface area (TPSA) is 77.8 Å². The molecule has 2 N–H and O–H groups in total. The molecule has 0 bridgehead atoms. The molecule has 0 radical (unpaired) electrons. The van der Waals surface area contributed by atoms with E-state index in [-0.39, 0.29) is 12.8 Å². The van der Waals surface area contributed by atoms with E-state index in [1.54, 1.807) is 12.2 Å². The van der Waals surface area contributed by atoms with Gasteiger partial charge in [0.1, 0.15) is 6.54 Å². The summed E-state index contributed by atoms with van der Waals surface area (Å²) in [6, 6.07) is 0. The summed E-state index contributed by atoms with van der Waals surface area (Å²) in [7, 11) is 0. The summed E-state index contributed by atoms with van der Waals surface area (Å²) in [5.41, 5.74) is 0. The Kier molecular flexibility index (Phi) is 5.55. The second-order valence-electron chi connectivity index (χ2n) is 4.59. The van der Waals surface area contributed by atoms with E-state index in [2.05, 4.69) is 0 Å². The van der Waals surface area contributed by atoms with Gasteiger partial charge in [-0.2, -0.15) is 13.2 Å². The van der Waals surface area contributed by atoms with Crippen LogP contribution in [-0.2, 0) is 9.59 Å². The van der Waals surface area contributed by atoms with Crippen molar-refractivity contribution in [3.63, 3.8) is 0 Å². The number of halogens is 3. The Morgan fingerprint density at radius 2 is 1.75 bits per heavy atom. The zero-order valence-electron chi connectivity index (χ0n) is 10.6. The quantitative estimate of drug-likeness (QED) is 0.743. The smallest absolute Gasteiger partial charge is 0.406 e. The summed E-state index contributed by atoms with van der Waals surface area (Å²) >= 11 is 0. The molecule has 0 aromatic heterocycles. The van der Waals surface area contributed by atoms with Crippen molar-refractivity contribution >= 4 is 11.9 Å². The lowest BCUT2D eigenvalue weighted by Crippen LogP contribution is -2.46. The standard InChI is InChI=1S/C12H16F3NO4/c13-12(14,15)7-16(5-6-17)10(18)8-3-1-2-4-9(8)11(19)20/h1-2,8-9,17H,3-7H2,(H,19,20)/t8-,9+/m1/s1. The number of carbonyl (C=O) groups excluding carboxylic acids is 1. The fraction of sp³-hybridized carbons (Fsp3) is 0.667. The molecule has 0 spiro atoms. The summed E-state index contributed by atoms with van der Waals surface area (Å²) in [5, 5.41) is 17.8. The Hall–Kier alpha value is -1.57. The van der Waals surface area contributed by atoms with Crippen molar-refractivity contribution in [2.24, 2.45) is 11.8 Å². The van der Waals surface area contributed by atoms with Crippen LogP contribution in [0.1, 0.15) is 12.8 Å². The maximum absolute atomic E-state index is 12.4. The fourth-order valence-corrected chi connectivity index (χ4v) is 2.20. The largest absolute Gasteiger partial charge is 0.481 e. The van der Waals surface area contributed by atoms with E-state index in [1.165, 1.54) is 0 Å². The van der Waals surface area contributed by atoms with E-state index >= 15 is 0 Å². The summed E-state index contributed by atoms with van der Waals surface area (Å²) in [6.45, 7) is -2.56. The number of aliphatic hydroxyl groups excluding tert-OH is 1. The molecule has 2 atom stereocenters. The zero-order valence-corrected chi connectivity index (χ0v) is 10.6. The Bertz CT molecular complexity index is 395. The van der Waals surface area contributed by atoms with Crippen LogP contribution in [0.15, 0.2) is 12.2 Å². The van der Waals surface area contributed by atoms with Crippen molar-refractivity contribution in [3.05, 3.63) is 12.2 Å². The first-order chi connectivity index (χ1) is 9.26. The molecular weight excluding hydrogens is 279 g/mol. The number of aliphatic hydroxyl groups is 1. The molecule has 114 valence electrons. The molecule has 0 aliphatic heterocycles. The number of rotatable bonds is 5. The predicted octanol–water partition coefficient (Wildman–Crippen LogP) is 1.04. The molecule has 20 heavy (non-hydrogen) atoms. The van der Waals surface area contributed by atoms with Crippen molar-refractivity contribution in [2.45, 2.75) is 19.0 Å². The van der Waals surface area contributed by atoms with Gasteiger partial charge in [0.05, 0.1) is 18.4 Å². The molecule has 0 heterocycles.